The molecule has 9 heteroatoms. The number of halogens is 6. The zero-order valence-electron chi connectivity index (χ0n) is 8.06. The summed E-state index contributed by atoms with van der Waals surface area (Å²) in [5.74, 6) is -2.05. The van der Waals surface area contributed by atoms with Crippen LogP contribution in [0.4, 0.5) is 27.8 Å². The van der Waals surface area contributed by atoms with Crippen molar-refractivity contribution in [3.63, 3.8) is 0 Å². The van der Waals surface area contributed by atoms with E-state index in [0.29, 0.717) is 6.07 Å². The van der Waals surface area contributed by atoms with Gasteiger partial charge >= 0.3 is 6.36 Å². The molecular formula is C8H6ClF5N2O. The van der Waals surface area contributed by atoms with Gasteiger partial charge in [0, 0.05) is 5.88 Å². The summed E-state index contributed by atoms with van der Waals surface area (Å²) in [6.07, 6.45) is -7.96. The van der Waals surface area contributed by atoms with Crippen molar-refractivity contribution in [2.24, 2.45) is 0 Å². The predicted octanol–water partition coefficient (Wildman–Crippen LogP) is 3.24. The lowest BCUT2D eigenvalue weighted by molar-refractivity contribution is -0.274. The summed E-state index contributed by atoms with van der Waals surface area (Å²) in [5, 5.41) is 0. The van der Waals surface area contributed by atoms with Gasteiger partial charge in [-0.25, -0.2) is 13.8 Å². The van der Waals surface area contributed by atoms with E-state index in [0.717, 1.165) is 0 Å². The van der Waals surface area contributed by atoms with Crippen LogP contribution in [0.15, 0.2) is 6.07 Å². The fraction of sp³-hybridized carbons (Fsp3) is 0.375. The highest BCUT2D eigenvalue weighted by atomic mass is 35.5. The Bertz CT molecular complexity index is 410. The van der Waals surface area contributed by atoms with Crippen LogP contribution in [0.2, 0.25) is 0 Å². The lowest BCUT2D eigenvalue weighted by Crippen LogP contribution is -2.19. The molecule has 3 nitrogen and oxygen atoms in total. The molecule has 0 atom stereocenters. The number of ether oxygens (including phenoxy) is 1. The average Bonchev–Trinajstić information content (AvgIpc) is 2.18. The van der Waals surface area contributed by atoms with Crippen molar-refractivity contribution in [1.29, 1.82) is 0 Å². The van der Waals surface area contributed by atoms with Gasteiger partial charge in [-0.15, -0.1) is 24.8 Å². The van der Waals surface area contributed by atoms with Gasteiger partial charge in [0.15, 0.2) is 11.6 Å². The summed E-state index contributed by atoms with van der Waals surface area (Å²) in [7, 11) is 0. The molecule has 1 heterocycles. The van der Waals surface area contributed by atoms with E-state index in [4.69, 9.17) is 17.3 Å². The number of alkyl halides is 6. The van der Waals surface area contributed by atoms with Gasteiger partial charge in [0.25, 0.3) is 6.43 Å². The van der Waals surface area contributed by atoms with Gasteiger partial charge in [0.05, 0.1) is 0 Å². The van der Waals surface area contributed by atoms with Crippen LogP contribution >= 0.6 is 11.6 Å². The highest BCUT2D eigenvalue weighted by molar-refractivity contribution is 6.17. The molecule has 2 N–H and O–H groups in total. The van der Waals surface area contributed by atoms with E-state index < -0.39 is 35.9 Å². The molecule has 0 aliphatic heterocycles. The Morgan fingerprint density at radius 3 is 2.41 bits per heavy atom. The highest BCUT2D eigenvalue weighted by Crippen LogP contribution is 2.32. The van der Waals surface area contributed by atoms with Crippen LogP contribution in [0.25, 0.3) is 0 Å². The first-order valence-electron chi connectivity index (χ1n) is 4.13. The molecule has 0 fully saturated rings. The second kappa shape index (κ2) is 4.91. The zero-order chi connectivity index (χ0) is 13.2. The Balaban J connectivity index is 3.18. The molecule has 1 aromatic rings. The standard InChI is InChI=1S/C8H6ClF5N2O/c9-2-3-1-4(17-8(12,13)14)7(15)16-5(3)6(10)11/h1,6H,2H2,(H2,15,16). The molecule has 0 saturated carbocycles. The first kappa shape index (κ1) is 13.8. The van der Waals surface area contributed by atoms with E-state index in [-0.39, 0.29) is 5.56 Å². The molecule has 0 spiro atoms. The zero-order valence-corrected chi connectivity index (χ0v) is 8.82. The molecule has 1 rings (SSSR count). The molecule has 0 aromatic carbocycles. The van der Waals surface area contributed by atoms with E-state index in [2.05, 4.69) is 9.72 Å². The fourth-order valence-electron chi connectivity index (χ4n) is 1.07. The Labute approximate surface area is 97.3 Å². The van der Waals surface area contributed by atoms with Crippen molar-refractivity contribution in [3.05, 3.63) is 17.3 Å². The Kier molecular flexibility index (Phi) is 3.97. The molecule has 0 aliphatic carbocycles. The van der Waals surface area contributed by atoms with Crippen molar-refractivity contribution >= 4 is 17.4 Å². The number of rotatable bonds is 3. The highest BCUT2D eigenvalue weighted by Gasteiger charge is 2.33. The van der Waals surface area contributed by atoms with E-state index in [1.54, 1.807) is 0 Å². The maximum Gasteiger partial charge on any atom is 0.573 e. The number of nitrogens with zero attached hydrogens (tertiary/aromatic N) is 1. The van der Waals surface area contributed by atoms with E-state index >= 15 is 0 Å². The molecule has 17 heavy (non-hydrogen) atoms. The van der Waals surface area contributed by atoms with Crippen molar-refractivity contribution in [2.75, 3.05) is 5.73 Å². The quantitative estimate of drug-likeness (QED) is 0.681. The van der Waals surface area contributed by atoms with Crippen LogP contribution in [0.3, 0.4) is 0 Å². The van der Waals surface area contributed by atoms with Gasteiger partial charge < -0.3 is 10.5 Å². The minimum Gasteiger partial charge on any atom is -0.402 e. The molecule has 96 valence electrons. The van der Waals surface area contributed by atoms with Gasteiger partial charge in [-0.1, -0.05) is 0 Å². The topological polar surface area (TPSA) is 48.1 Å². The monoisotopic (exact) mass is 276 g/mol. The number of hydrogen-bond donors (Lipinski definition) is 1. The number of hydrogen-bond acceptors (Lipinski definition) is 3. The second-order valence-corrected chi connectivity index (χ2v) is 3.17. The summed E-state index contributed by atoms with van der Waals surface area (Å²) < 4.78 is 64.2. The minimum atomic E-state index is -4.98. The third-order valence-electron chi connectivity index (χ3n) is 1.70. The number of nitrogens with two attached hydrogens (primary N) is 1. The second-order valence-electron chi connectivity index (χ2n) is 2.90. The smallest absolute Gasteiger partial charge is 0.402 e. The van der Waals surface area contributed by atoms with Crippen molar-refractivity contribution in [3.8, 4) is 5.75 Å². The van der Waals surface area contributed by atoms with Crippen molar-refractivity contribution in [2.45, 2.75) is 18.7 Å². The van der Waals surface area contributed by atoms with E-state index in [1.807, 2.05) is 0 Å². The maximum atomic E-state index is 12.4. The Morgan fingerprint density at radius 2 is 2.00 bits per heavy atom. The fourth-order valence-corrected chi connectivity index (χ4v) is 1.28. The van der Waals surface area contributed by atoms with Crippen molar-refractivity contribution in [1.82, 2.24) is 4.98 Å². The molecule has 0 unspecified atom stereocenters. The van der Waals surface area contributed by atoms with Crippen LogP contribution in [-0.4, -0.2) is 11.3 Å². The summed E-state index contributed by atoms with van der Waals surface area (Å²) >= 11 is 5.32. The van der Waals surface area contributed by atoms with Gasteiger partial charge in [0.2, 0.25) is 0 Å². The maximum absolute atomic E-state index is 12.4. The Morgan fingerprint density at radius 1 is 1.41 bits per heavy atom. The molecule has 0 amide bonds. The normalized spacial score (nSPS) is 11.9. The van der Waals surface area contributed by atoms with Gasteiger partial charge in [-0.05, 0) is 11.6 Å². The van der Waals surface area contributed by atoms with E-state index in [9.17, 15) is 22.0 Å². The summed E-state index contributed by atoms with van der Waals surface area (Å²) in [4.78, 5) is 3.15. The number of nitrogen functional groups attached to an aromatic ring is 1. The SMILES string of the molecule is Nc1nc(C(F)F)c(CCl)cc1OC(F)(F)F. The van der Waals surface area contributed by atoms with Gasteiger partial charge in [-0.3, -0.25) is 0 Å². The number of aromatic nitrogens is 1. The summed E-state index contributed by atoms with van der Waals surface area (Å²) in [5.41, 5.74) is 4.05. The molecular weight excluding hydrogens is 271 g/mol. The molecule has 0 aliphatic rings. The molecule has 0 radical (unpaired) electrons. The largest absolute Gasteiger partial charge is 0.573 e. The lowest BCUT2D eigenvalue weighted by Gasteiger charge is -2.13. The number of anilines is 1. The lowest BCUT2D eigenvalue weighted by atomic mass is 10.2. The van der Waals surface area contributed by atoms with Crippen LogP contribution in [-0.2, 0) is 5.88 Å². The summed E-state index contributed by atoms with van der Waals surface area (Å²) in [6, 6.07) is 0.699. The Hall–Kier alpha value is -1.31. The molecule has 0 bridgehead atoms. The predicted molar refractivity (Wildman–Crippen MR) is 49.8 cm³/mol. The third-order valence-corrected chi connectivity index (χ3v) is 1.99. The number of pyridine rings is 1. The first-order valence-corrected chi connectivity index (χ1v) is 4.67. The van der Waals surface area contributed by atoms with Crippen LogP contribution < -0.4 is 10.5 Å². The average molecular weight is 277 g/mol. The van der Waals surface area contributed by atoms with Crippen LogP contribution in [0.1, 0.15) is 17.7 Å². The van der Waals surface area contributed by atoms with Crippen LogP contribution in [0, 0.1) is 0 Å². The minimum absolute atomic E-state index is 0.268. The van der Waals surface area contributed by atoms with Crippen LogP contribution in [0.5, 0.6) is 5.75 Å². The third kappa shape index (κ3) is 3.58. The first-order chi connectivity index (χ1) is 7.74. The van der Waals surface area contributed by atoms with Gasteiger partial charge in [0.1, 0.15) is 5.69 Å². The van der Waals surface area contributed by atoms with Crippen molar-refractivity contribution < 1.29 is 26.7 Å². The summed E-state index contributed by atoms with van der Waals surface area (Å²) in [6.45, 7) is 0. The van der Waals surface area contributed by atoms with E-state index in [1.165, 1.54) is 0 Å². The molecule has 1 aromatic heterocycles. The molecule has 0 saturated heterocycles. The van der Waals surface area contributed by atoms with Gasteiger partial charge in [-0.2, -0.15) is 0 Å².